The summed E-state index contributed by atoms with van der Waals surface area (Å²) in [4.78, 5) is 14.0. The van der Waals surface area contributed by atoms with Crippen LogP contribution in [0.3, 0.4) is 0 Å². The summed E-state index contributed by atoms with van der Waals surface area (Å²) in [6.45, 7) is 4.72. The van der Waals surface area contributed by atoms with Crippen LogP contribution in [-0.2, 0) is 4.74 Å². The Balaban J connectivity index is 2.16. The number of halogens is 1. The molecule has 3 nitrogen and oxygen atoms in total. The molecule has 1 aliphatic heterocycles. The number of ether oxygens (including phenoxy) is 1. The second-order valence-electron chi connectivity index (χ2n) is 3.87. The number of carbonyl (C=O) groups is 1. The number of hydrogen-bond donors (Lipinski definition) is 0. The van der Waals surface area contributed by atoms with Gasteiger partial charge < -0.3 is 9.64 Å². The molecule has 1 aromatic rings. The van der Waals surface area contributed by atoms with E-state index in [1.165, 1.54) is 3.57 Å². The minimum absolute atomic E-state index is 0.114. The van der Waals surface area contributed by atoms with E-state index in [-0.39, 0.29) is 5.91 Å². The average molecular weight is 331 g/mol. The van der Waals surface area contributed by atoms with Crippen LogP contribution in [0.25, 0.3) is 0 Å². The van der Waals surface area contributed by atoms with E-state index in [0.717, 1.165) is 11.1 Å². The predicted molar refractivity (Wildman–Crippen MR) is 70.6 cm³/mol. The van der Waals surface area contributed by atoms with E-state index < -0.39 is 0 Å². The molecular weight excluding hydrogens is 317 g/mol. The maximum atomic E-state index is 12.1. The number of rotatable bonds is 1. The largest absolute Gasteiger partial charge is 0.378 e. The van der Waals surface area contributed by atoms with Crippen LogP contribution in [0.5, 0.6) is 0 Å². The third kappa shape index (κ3) is 2.55. The second kappa shape index (κ2) is 5.14. The highest BCUT2D eigenvalue weighted by Crippen LogP contribution is 2.15. The quantitative estimate of drug-likeness (QED) is 0.738. The van der Waals surface area contributed by atoms with Gasteiger partial charge in [0.05, 0.1) is 13.2 Å². The van der Waals surface area contributed by atoms with Crippen molar-refractivity contribution in [2.75, 3.05) is 26.3 Å². The lowest BCUT2D eigenvalue weighted by Gasteiger charge is -2.27. The molecule has 4 heteroatoms. The van der Waals surface area contributed by atoms with Gasteiger partial charge in [0.2, 0.25) is 0 Å². The third-order valence-corrected chi connectivity index (χ3v) is 3.91. The first kappa shape index (κ1) is 11.9. The summed E-state index contributed by atoms with van der Waals surface area (Å²) < 4.78 is 6.42. The lowest BCUT2D eigenvalue weighted by Crippen LogP contribution is -2.40. The first-order valence-corrected chi connectivity index (χ1v) is 6.39. The van der Waals surface area contributed by atoms with Crippen LogP contribution in [0.4, 0.5) is 0 Å². The van der Waals surface area contributed by atoms with Crippen LogP contribution in [0.2, 0.25) is 0 Å². The average Bonchev–Trinajstić information content (AvgIpc) is 2.33. The highest BCUT2D eigenvalue weighted by Gasteiger charge is 2.18. The monoisotopic (exact) mass is 331 g/mol. The van der Waals surface area contributed by atoms with Gasteiger partial charge in [0.15, 0.2) is 0 Å². The zero-order chi connectivity index (χ0) is 11.5. The molecule has 0 spiro atoms. The van der Waals surface area contributed by atoms with Gasteiger partial charge in [0.1, 0.15) is 0 Å². The Morgan fingerprint density at radius 1 is 1.38 bits per heavy atom. The van der Waals surface area contributed by atoms with Crippen molar-refractivity contribution >= 4 is 28.5 Å². The molecule has 2 rings (SSSR count). The summed E-state index contributed by atoms with van der Waals surface area (Å²) in [6, 6.07) is 5.84. The summed E-state index contributed by atoms with van der Waals surface area (Å²) in [5.74, 6) is 0.114. The van der Waals surface area contributed by atoms with Crippen molar-refractivity contribution in [3.05, 3.63) is 32.9 Å². The van der Waals surface area contributed by atoms with E-state index in [0.29, 0.717) is 26.3 Å². The fourth-order valence-electron chi connectivity index (χ4n) is 1.73. The number of carbonyl (C=O) groups excluding carboxylic acids is 1. The van der Waals surface area contributed by atoms with Crippen molar-refractivity contribution in [1.29, 1.82) is 0 Å². The highest BCUT2D eigenvalue weighted by molar-refractivity contribution is 14.1. The Labute approximate surface area is 109 Å². The van der Waals surface area contributed by atoms with Crippen molar-refractivity contribution in [3.63, 3.8) is 0 Å². The molecule has 0 unspecified atom stereocenters. The number of amides is 1. The van der Waals surface area contributed by atoms with Crippen molar-refractivity contribution < 1.29 is 9.53 Å². The van der Waals surface area contributed by atoms with E-state index in [4.69, 9.17) is 4.74 Å². The molecular formula is C12H14INO2. The maximum absolute atomic E-state index is 12.1. The van der Waals surface area contributed by atoms with Crippen LogP contribution in [0.15, 0.2) is 18.2 Å². The van der Waals surface area contributed by atoms with E-state index in [1.807, 2.05) is 30.0 Å². The Bertz CT molecular complexity index is 400. The highest BCUT2D eigenvalue weighted by atomic mass is 127. The van der Waals surface area contributed by atoms with Crippen LogP contribution < -0.4 is 0 Å². The first-order valence-electron chi connectivity index (χ1n) is 5.31. The summed E-state index contributed by atoms with van der Waals surface area (Å²) in [7, 11) is 0. The number of morpholine rings is 1. The summed E-state index contributed by atoms with van der Waals surface area (Å²) in [5, 5.41) is 0. The molecule has 1 saturated heterocycles. The molecule has 1 aromatic carbocycles. The number of nitrogens with zero attached hydrogens (tertiary/aromatic N) is 1. The van der Waals surface area contributed by atoms with Crippen LogP contribution >= 0.6 is 22.6 Å². The molecule has 0 radical (unpaired) electrons. The molecule has 0 bridgehead atoms. The number of hydrogen-bond acceptors (Lipinski definition) is 2. The normalized spacial score (nSPS) is 16.2. The van der Waals surface area contributed by atoms with Gasteiger partial charge in [-0.1, -0.05) is 0 Å². The van der Waals surface area contributed by atoms with E-state index in [1.54, 1.807) is 0 Å². The van der Waals surface area contributed by atoms with Crippen molar-refractivity contribution in [1.82, 2.24) is 4.90 Å². The zero-order valence-corrected chi connectivity index (χ0v) is 11.4. The van der Waals surface area contributed by atoms with Crippen LogP contribution in [0.1, 0.15) is 15.9 Å². The molecule has 0 saturated carbocycles. The molecule has 0 aliphatic carbocycles. The minimum Gasteiger partial charge on any atom is -0.378 e. The first-order chi connectivity index (χ1) is 7.68. The van der Waals surface area contributed by atoms with Gasteiger partial charge in [-0.2, -0.15) is 0 Å². The summed E-state index contributed by atoms with van der Waals surface area (Å²) in [5.41, 5.74) is 1.93. The molecule has 0 aromatic heterocycles. The third-order valence-electron chi connectivity index (χ3n) is 2.70. The fraction of sp³-hybridized carbons (Fsp3) is 0.417. The SMILES string of the molecule is Cc1cc(C(=O)N2CCOCC2)ccc1I. The van der Waals surface area contributed by atoms with E-state index in [9.17, 15) is 4.79 Å². The lowest BCUT2D eigenvalue weighted by atomic mass is 10.1. The van der Waals surface area contributed by atoms with Gasteiger partial charge in [-0.15, -0.1) is 0 Å². The van der Waals surface area contributed by atoms with Gasteiger partial charge in [-0.05, 0) is 53.3 Å². The molecule has 0 atom stereocenters. The molecule has 1 heterocycles. The predicted octanol–water partition coefficient (Wildman–Crippen LogP) is 2.07. The Hall–Kier alpha value is -0.620. The lowest BCUT2D eigenvalue weighted by molar-refractivity contribution is 0.0303. The van der Waals surface area contributed by atoms with Gasteiger partial charge in [0, 0.05) is 22.2 Å². The van der Waals surface area contributed by atoms with Gasteiger partial charge >= 0.3 is 0 Å². The Kier molecular flexibility index (Phi) is 3.81. The van der Waals surface area contributed by atoms with Crippen molar-refractivity contribution in [2.24, 2.45) is 0 Å². The van der Waals surface area contributed by atoms with E-state index >= 15 is 0 Å². The molecule has 1 aliphatic rings. The topological polar surface area (TPSA) is 29.5 Å². The number of aryl methyl sites for hydroxylation is 1. The van der Waals surface area contributed by atoms with Gasteiger partial charge in [0.25, 0.3) is 5.91 Å². The van der Waals surface area contributed by atoms with Crippen molar-refractivity contribution in [3.8, 4) is 0 Å². The minimum atomic E-state index is 0.114. The molecule has 16 heavy (non-hydrogen) atoms. The summed E-state index contributed by atoms with van der Waals surface area (Å²) >= 11 is 2.27. The molecule has 1 fully saturated rings. The Morgan fingerprint density at radius 3 is 2.69 bits per heavy atom. The van der Waals surface area contributed by atoms with Crippen LogP contribution in [0, 0.1) is 10.5 Å². The molecule has 86 valence electrons. The Morgan fingerprint density at radius 2 is 2.06 bits per heavy atom. The molecule has 1 amide bonds. The molecule has 0 N–H and O–H groups in total. The van der Waals surface area contributed by atoms with Gasteiger partial charge in [-0.25, -0.2) is 0 Å². The number of benzene rings is 1. The second-order valence-corrected chi connectivity index (χ2v) is 5.03. The van der Waals surface area contributed by atoms with Crippen molar-refractivity contribution in [2.45, 2.75) is 6.92 Å². The maximum Gasteiger partial charge on any atom is 0.254 e. The fourth-order valence-corrected chi connectivity index (χ4v) is 2.06. The van der Waals surface area contributed by atoms with Crippen LogP contribution in [-0.4, -0.2) is 37.1 Å². The zero-order valence-electron chi connectivity index (χ0n) is 9.20. The van der Waals surface area contributed by atoms with E-state index in [2.05, 4.69) is 22.6 Å². The standard InChI is InChI=1S/C12H14INO2/c1-9-8-10(2-3-11(9)13)12(15)14-4-6-16-7-5-14/h2-3,8H,4-7H2,1H3. The van der Waals surface area contributed by atoms with Gasteiger partial charge in [-0.3, -0.25) is 4.79 Å². The summed E-state index contributed by atoms with van der Waals surface area (Å²) in [6.07, 6.45) is 0. The smallest absolute Gasteiger partial charge is 0.254 e.